The van der Waals surface area contributed by atoms with Gasteiger partial charge in [0.2, 0.25) is 0 Å². The zero-order valence-electron chi connectivity index (χ0n) is 11.6. The Morgan fingerprint density at radius 1 is 1.39 bits per heavy atom. The number of likely N-dealkylation sites (tertiary alicyclic amines) is 1. The molecule has 5 heteroatoms. The van der Waals surface area contributed by atoms with Crippen LogP contribution in [-0.2, 0) is 13.6 Å². The van der Waals surface area contributed by atoms with Gasteiger partial charge in [-0.1, -0.05) is 13.3 Å². The molecule has 1 aliphatic rings. The average Bonchev–Trinajstić information content (AvgIpc) is 2.70. The van der Waals surface area contributed by atoms with E-state index < -0.39 is 0 Å². The van der Waals surface area contributed by atoms with Gasteiger partial charge in [0, 0.05) is 13.1 Å². The summed E-state index contributed by atoms with van der Waals surface area (Å²) in [4.78, 5) is 2.36. The van der Waals surface area contributed by atoms with Gasteiger partial charge >= 0.3 is 0 Å². The summed E-state index contributed by atoms with van der Waals surface area (Å²) >= 11 is 0. The van der Waals surface area contributed by atoms with Crippen molar-refractivity contribution < 1.29 is 5.11 Å². The predicted molar refractivity (Wildman–Crippen MR) is 70.1 cm³/mol. The zero-order chi connectivity index (χ0) is 13.1. The third-order valence-corrected chi connectivity index (χ3v) is 4.05. The Bertz CT molecular complexity index is 390. The number of aliphatic hydroxyl groups excluding tert-OH is 1. The van der Waals surface area contributed by atoms with Gasteiger partial charge in [-0.2, -0.15) is 0 Å². The molecule has 1 N–H and O–H groups in total. The lowest BCUT2D eigenvalue weighted by molar-refractivity contribution is 0.0177. The first-order valence-corrected chi connectivity index (χ1v) is 6.90. The van der Waals surface area contributed by atoms with Gasteiger partial charge in [0.05, 0.1) is 12.6 Å². The monoisotopic (exact) mass is 252 g/mol. The molecule has 1 fully saturated rings. The topological polar surface area (TPSA) is 54.2 Å². The second kappa shape index (κ2) is 5.80. The van der Waals surface area contributed by atoms with Crippen LogP contribution in [0.4, 0.5) is 0 Å². The maximum absolute atomic E-state index is 10.1. The van der Waals surface area contributed by atoms with Crippen LogP contribution in [0.15, 0.2) is 0 Å². The first kappa shape index (κ1) is 13.5. The van der Waals surface area contributed by atoms with Crippen LogP contribution in [0.5, 0.6) is 0 Å². The van der Waals surface area contributed by atoms with Crippen LogP contribution in [0.25, 0.3) is 0 Å². The molecule has 1 aromatic rings. The van der Waals surface area contributed by atoms with Gasteiger partial charge in [0.15, 0.2) is 0 Å². The lowest BCUT2D eigenvalue weighted by Gasteiger charge is -2.37. The molecule has 2 heterocycles. The minimum atomic E-state index is -0.223. The Kier molecular flexibility index (Phi) is 4.35. The molecule has 18 heavy (non-hydrogen) atoms. The third-order valence-electron chi connectivity index (χ3n) is 4.05. The molecule has 0 aromatic carbocycles. The summed E-state index contributed by atoms with van der Waals surface area (Å²) in [5.74, 6) is 1.93. The van der Waals surface area contributed by atoms with E-state index in [-0.39, 0.29) is 12.1 Å². The fraction of sp³-hybridized carbons (Fsp3) is 0.846. The number of piperidine rings is 1. The molecule has 1 aliphatic heterocycles. The van der Waals surface area contributed by atoms with Crippen LogP contribution < -0.4 is 0 Å². The average molecular weight is 252 g/mol. The van der Waals surface area contributed by atoms with Crippen LogP contribution in [0.2, 0.25) is 0 Å². The van der Waals surface area contributed by atoms with Gasteiger partial charge in [0.25, 0.3) is 0 Å². The van der Waals surface area contributed by atoms with Crippen molar-refractivity contribution in [1.82, 2.24) is 19.7 Å². The molecule has 102 valence electrons. The highest BCUT2D eigenvalue weighted by Gasteiger charge is 2.28. The Hall–Kier alpha value is -0.940. The largest absolute Gasteiger partial charge is 0.392 e. The van der Waals surface area contributed by atoms with Crippen molar-refractivity contribution >= 4 is 0 Å². The van der Waals surface area contributed by atoms with Gasteiger partial charge < -0.3 is 9.67 Å². The molecule has 1 saturated heterocycles. The third kappa shape index (κ3) is 2.72. The smallest absolute Gasteiger partial charge is 0.146 e. The first-order valence-electron chi connectivity index (χ1n) is 6.90. The highest BCUT2D eigenvalue weighted by molar-refractivity contribution is 4.94. The van der Waals surface area contributed by atoms with E-state index in [0.29, 0.717) is 0 Å². The molecular weight excluding hydrogens is 228 g/mol. The number of nitrogens with zero attached hydrogens (tertiary/aromatic N) is 4. The SMILES string of the molecule is CCC(O)C1CCCCN1Cc1nnc(C)n1C. The van der Waals surface area contributed by atoms with Gasteiger partial charge in [-0.3, -0.25) is 4.90 Å². The molecule has 2 unspecified atom stereocenters. The molecular formula is C13H24N4O. The first-order chi connectivity index (χ1) is 8.63. The van der Waals surface area contributed by atoms with E-state index in [4.69, 9.17) is 0 Å². The summed E-state index contributed by atoms with van der Waals surface area (Å²) in [6.45, 7) is 5.85. The Balaban J connectivity index is 2.08. The van der Waals surface area contributed by atoms with Crippen LogP contribution in [-0.4, -0.2) is 43.5 Å². The lowest BCUT2D eigenvalue weighted by atomic mass is 9.96. The van der Waals surface area contributed by atoms with E-state index in [0.717, 1.165) is 37.6 Å². The standard InChI is InChI=1S/C13H24N4O/c1-4-12(18)11-7-5-6-8-17(11)9-13-15-14-10(2)16(13)3/h11-12,18H,4-9H2,1-3H3. The van der Waals surface area contributed by atoms with Crippen molar-refractivity contribution in [3.8, 4) is 0 Å². The number of aliphatic hydroxyl groups is 1. The van der Waals surface area contributed by atoms with Gasteiger partial charge in [-0.15, -0.1) is 10.2 Å². The maximum atomic E-state index is 10.1. The number of aromatic nitrogens is 3. The summed E-state index contributed by atoms with van der Waals surface area (Å²) in [7, 11) is 2.00. The molecule has 0 amide bonds. The van der Waals surface area contributed by atoms with Crippen molar-refractivity contribution in [2.24, 2.45) is 7.05 Å². The maximum Gasteiger partial charge on any atom is 0.146 e. The highest BCUT2D eigenvalue weighted by atomic mass is 16.3. The molecule has 5 nitrogen and oxygen atoms in total. The Labute approximate surface area is 109 Å². The molecule has 2 rings (SSSR count). The van der Waals surface area contributed by atoms with Gasteiger partial charge in [-0.25, -0.2) is 0 Å². The van der Waals surface area contributed by atoms with Gasteiger partial charge in [-0.05, 0) is 32.7 Å². The van der Waals surface area contributed by atoms with E-state index in [9.17, 15) is 5.11 Å². The second-order valence-electron chi connectivity index (χ2n) is 5.23. The summed E-state index contributed by atoms with van der Waals surface area (Å²) in [6, 6.07) is 0.278. The fourth-order valence-corrected chi connectivity index (χ4v) is 2.69. The Morgan fingerprint density at radius 3 is 2.78 bits per heavy atom. The molecule has 0 radical (unpaired) electrons. The van der Waals surface area contributed by atoms with E-state index in [1.165, 1.54) is 12.8 Å². The number of hydrogen-bond acceptors (Lipinski definition) is 4. The van der Waals surface area contributed by atoms with Crippen LogP contribution in [0.3, 0.4) is 0 Å². The number of hydrogen-bond donors (Lipinski definition) is 1. The number of rotatable bonds is 4. The van der Waals surface area contributed by atoms with Gasteiger partial charge in [0.1, 0.15) is 11.6 Å². The summed E-state index contributed by atoms with van der Waals surface area (Å²) < 4.78 is 2.03. The van der Waals surface area contributed by atoms with E-state index >= 15 is 0 Å². The number of aryl methyl sites for hydroxylation is 1. The molecule has 0 saturated carbocycles. The fourth-order valence-electron chi connectivity index (χ4n) is 2.69. The van der Waals surface area contributed by atoms with E-state index in [2.05, 4.69) is 15.1 Å². The second-order valence-corrected chi connectivity index (χ2v) is 5.23. The van der Waals surface area contributed by atoms with Crippen molar-refractivity contribution in [3.05, 3.63) is 11.6 Å². The van der Waals surface area contributed by atoms with Crippen molar-refractivity contribution in [2.45, 2.75) is 58.2 Å². The van der Waals surface area contributed by atoms with Crippen LogP contribution in [0.1, 0.15) is 44.3 Å². The Morgan fingerprint density at radius 2 is 2.17 bits per heavy atom. The highest BCUT2D eigenvalue weighted by Crippen LogP contribution is 2.22. The lowest BCUT2D eigenvalue weighted by Crippen LogP contribution is -2.46. The van der Waals surface area contributed by atoms with Crippen molar-refractivity contribution in [3.63, 3.8) is 0 Å². The minimum Gasteiger partial charge on any atom is -0.392 e. The van der Waals surface area contributed by atoms with Crippen LogP contribution >= 0.6 is 0 Å². The predicted octanol–water partition coefficient (Wildman–Crippen LogP) is 1.25. The molecule has 0 spiro atoms. The summed E-state index contributed by atoms with van der Waals surface area (Å²) in [5, 5.41) is 18.4. The van der Waals surface area contributed by atoms with E-state index in [1.807, 2.05) is 25.5 Å². The molecule has 0 aliphatic carbocycles. The molecule has 0 bridgehead atoms. The minimum absolute atomic E-state index is 0.223. The van der Waals surface area contributed by atoms with E-state index in [1.54, 1.807) is 0 Å². The summed E-state index contributed by atoms with van der Waals surface area (Å²) in [5.41, 5.74) is 0. The molecule has 2 atom stereocenters. The normalized spacial score (nSPS) is 23.2. The summed E-state index contributed by atoms with van der Waals surface area (Å²) in [6.07, 6.45) is 4.12. The van der Waals surface area contributed by atoms with Crippen molar-refractivity contribution in [1.29, 1.82) is 0 Å². The quantitative estimate of drug-likeness (QED) is 0.876. The molecule has 1 aromatic heterocycles. The van der Waals surface area contributed by atoms with Crippen LogP contribution in [0, 0.1) is 6.92 Å². The zero-order valence-corrected chi connectivity index (χ0v) is 11.6. The van der Waals surface area contributed by atoms with Crippen molar-refractivity contribution in [2.75, 3.05) is 6.54 Å².